The van der Waals surface area contributed by atoms with Gasteiger partial charge in [-0.2, -0.15) is 0 Å². The van der Waals surface area contributed by atoms with Crippen molar-refractivity contribution < 1.29 is 0 Å². The molecule has 1 aliphatic heterocycles. The third-order valence-electron chi connectivity index (χ3n) is 6.41. The zero-order valence-corrected chi connectivity index (χ0v) is 14.4. The molecule has 1 saturated heterocycles. The predicted octanol–water partition coefficient (Wildman–Crippen LogP) is 5.39. The van der Waals surface area contributed by atoms with Crippen LogP contribution in [0, 0.1) is 23.7 Å². The molecule has 6 atom stereocenters. The molecule has 1 heteroatoms. The molecule has 0 aromatic rings. The third kappa shape index (κ3) is 2.58. The molecule has 0 amide bonds. The fourth-order valence-electron chi connectivity index (χ4n) is 5.80. The van der Waals surface area contributed by atoms with E-state index in [4.69, 9.17) is 0 Å². The largest absolute Gasteiger partial charge is 0.368 e. The molecule has 2 fully saturated rings. The highest BCUT2D eigenvalue weighted by molar-refractivity contribution is 5.22. The summed E-state index contributed by atoms with van der Waals surface area (Å²) in [5, 5.41) is 0. The minimum Gasteiger partial charge on any atom is -0.368 e. The summed E-state index contributed by atoms with van der Waals surface area (Å²) in [6, 6.07) is 1.60. The van der Waals surface area contributed by atoms with E-state index in [9.17, 15) is 0 Å². The minimum atomic E-state index is 0.787. The van der Waals surface area contributed by atoms with Crippen LogP contribution in [0.4, 0.5) is 0 Å². The predicted molar refractivity (Wildman–Crippen MR) is 91.0 cm³/mol. The topological polar surface area (TPSA) is 3.24 Å². The van der Waals surface area contributed by atoms with E-state index in [0.29, 0.717) is 0 Å². The van der Waals surface area contributed by atoms with Crippen LogP contribution < -0.4 is 0 Å². The molecule has 3 rings (SSSR count). The van der Waals surface area contributed by atoms with Gasteiger partial charge < -0.3 is 4.90 Å². The summed E-state index contributed by atoms with van der Waals surface area (Å²) in [7, 11) is 0. The molecular weight excluding hydrogens is 254 g/mol. The molecule has 1 heterocycles. The Labute approximate surface area is 131 Å². The van der Waals surface area contributed by atoms with Gasteiger partial charge in [-0.3, -0.25) is 0 Å². The molecule has 21 heavy (non-hydrogen) atoms. The minimum absolute atomic E-state index is 0.787. The van der Waals surface area contributed by atoms with Crippen LogP contribution in [-0.2, 0) is 0 Å². The molecule has 0 aromatic carbocycles. The number of hydrogen-bond donors (Lipinski definition) is 0. The molecule has 118 valence electrons. The van der Waals surface area contributed by atoms with Crippen molar-refractivity contribution in [2.75, 3.05) is 0 Å². The van der Waals surface area contributed by atoms with E-state index < -0.39 is 0 Å². The molecule has 6 unspecified atom stereocenters. The molecule has 0 radical (unpaired) electrons. The van der Waals surface area contributed by atoms with Crippen molar-refractivity contribution in [2.24, 2.45) is 23.7 Å². The van der Waals surface area contributed by atoms with Crippen LogP contribution in [0.1, 0.15) is 66.2 Å². The van der Waals surface area contributed by atoms with Gasteiger partial charge >= 0.3 is 0 Å². The van der Waals surface area contributed by atoms with Crippen molar-refractivity contribution in [3.05, 3.63) is 23.9 Å². The Bertz CT molecular complexity index is 422. The van der Waals surface area contributed by atoms with Crippen molar-refractivity contribution in [1.29, 1.82) is 0 Å². The van der Waals surface area contributed by atoms with Crippen molar-refractivity contribution >= 4 is 0 Å². The number of likely N-dealkylation sites (tertiary alicyclic amines) is 1. The van der Waals surface area contributed by atoms with Gasteiger partial charge in [0.05, 0.1) is 0 Å². The van der Waals surface area contributed by atoms with Crippen LogP contribution in [0.25, 0.3) is 0 Å². The lowest BCUT2D eigenvalue weighted by molar-refractivity contribution is 0.107. The van der Waals surface area contributed by atoms with Crippen LogP contribution >= 0.6 is 0 Å². The number of fused-ring (bicyclic) bond motifs is 1. The highest BCUT2D eigenvalue weighted by atomic mass is 15.2. The Balaban J connectivity index is 1.96. The molecule has 1 saturated carbocycles. The van der Waals surface area contributed by atoms with Crippen LogP contribution in [-0.4, -0.2) is 17.0 Å². The quantitative estimate of drug-likeness (QED) is 0.672. The van der Waals surface area contributed by atoms with E-state index in [1.807, 2.05) is 0 Å². The second kappa shape index (κ2) is 6.18. The van der Waals surface area contributed by atoms with Gasteiger partial charge in [-0.05, 0) is 61.9 Å². The number of hydrogen-bond acceptors (Lipinski definition) is 1. The summed E-state index contributed by atoms with van der Waals surface area (Å²) in [4.78, 5) is 2.90. The van der Waals surface area contributed by atoms with Crippen molar-refractivity contribution in [2.45, 2.75) is 78.3 Å². The van der Waals surface area contributed by atoms with Crippen LogP contribution in [0.15, 0.2) is 23.9 Å². The first-order valence-corrected chi connectivity index (χ1v) is 9.31. The zero-order valence-electron chi connectivity index (χ0n) is 14.4. The normalized spacial score (nSPS) is 42.9. The fraction of sp³-hybridized carbons (Fsp3) is 0.800. The lowest BCUT2D eigenvalue weighted by Crippen LogP contribution is -2.43. The maximum absolute atomic E-state index is 2.90. The Kier molecular flexibility index (Phi) is 4.47. The second-order valence-electron chi connectivity index (χ2n) is 7.79. The molecule has 0 bridgehead atoms. The van der Waals surface area contributed by atoms with Crippen molar-refractivity contribution in [3.8, 4) is 0 Å². The average Bonchev–Trinajstić information content (AvgIpc) is 2.81. The van der Waals surface area contributed by atoms with Gasteiger partial charge in [0.25, 0.3) is 0 Å². The average molecular weight is 287 g/mol. The SMILES string of the molecule is CCC1C2CC(C)CC(C)C2N(C2=CC=CCC2)C1CC. The lowest BCUT2D eigenvalue weighted by Gasteiger charge is -2.43. The van der Waals surface area contributed by atoms with E-state index in [2.05, 4.69) is 50.8 Å². The van der Waals surface area contributed by atoms with Crippen LogP contribution in [0.2, 0.25) is 0 Å². The molecule has 0 spiro atoms. The third-order valence-corrected chi connectivity index (χ3v) is 6.41. The fourth-order valence-corrected chi connectivity index (χ4v) is 5.80. The van der Waals surface area contributed by atoms with Crippen LogP contribution in [0.5, 0.6) is 0 Å². The number of nitrogens with zero attached hydrogens (tertiary/aromatic N) is 1. The Hall–Kier alpha value is -0.720. The van der Waals surface area contributed by atoms with Crippen molar-refractivity contribution in [3.63, 3.8) is 0 Å². The number of rotatable bonds is 3. The summed E-state index contributed by atoms with van der Waals surface area (Å²) < 4.78 is 0. The summed E-state index contributed by atoms with van der Waals surface area (Å²) in [5.74, 6) is 3.63. The highest BCUT2D eigenvalue weighted by Crippen LogP contribution is 2.51. The molecule has 2 aliphatic carbocycles. The summed E-state index contributed by atoms with van der Waals surface area (Å²) >= 11 is 0. The van der Waals surface area contributed by atoms with E-state index in [1.165, 1.54) is 38.5 Å². The monoisotopic (exact) mass is 287 g/mol. The van der Waals surface area contributed by atoms with E-state index in [-0.39, 0.29) is 0 Å². The van der Waals surface area contributed by atoms with Gasteiger partial charge in [-0.15, -0.1) is 0 Å². The van der Waals surface area contributed by atoms with E-state index >= 15 is 0 Å². The molecule has 1 nitrogen and oxygen atoms in total. The highest BCUT2D eigenvalue weighted by Gasteiger charge is 2.51. The second-order valence-corrected chi connectivity index (χ2v) is 7.79. The summed E-state index contributed by atoms with van der Waals surface area (Å²) in [5.41, 5.74) is 1.64. The van der Waals surface area contributed by atoms with Gasteiger partial charge in [0.2, 0.25) is 0 Å². The van der Waals surface area contributed by atoms with Gasteiger partial charge in [0.1, 0.15) is 0 Å². The first kappa shape index (κ1) is 15.2. The van der Waals surface area contributed by atoms with E-state index in [1.54, 1.807) is 5.70 Å². The molecule has 0 N–H and O–H groups in total. The first-order chi connectivity index (χ1) is 10.2. The maximum Gasteiger partial charge on any atom is 0.0347 e. The summed E-state index contributed by atoms with van der Waals surface area (Å²) in [6.07, 6.45) is 15.1. The standard InChI is InChI=1S/C20H33N/c1-5-17-18-13-14(3)12-15(4)20(18)21(19(17)6-2)16-10-8-7-9-11-16/h7-8,10,14-15,17-20H,5-6,9,11-13H2,1-4H3. The Morgan fingerprint density at radius 2 is 1.95 bits per heavy atom. The van der Waals surface area contributed by atoms with Crippen molar-refractivity contribution in [1.82, 2.24) is 4.90 Å². The van der Waals surface area contributed by atoms with Crippen LogP contribution in [0.3, 0.4) is 0 Å². The molecular formula is C20H33N. The van der Waals surface area contributed by atoms with Gasteiger partial charge in [-0.25, -0.2) is 0 Å². The van der Waals surface area contributed by atoms with Gasteiger partial charge in [-0.1, -0.05) is 46.3 Å². The molecule has 0 aromatic heterocycles. The summed E-state index contributed by atoms with van der Waals surface area (Å²) in [6.45, 7) is 9.83. The maximum atomic E-state index is 2.90. The number of allylic oxidation sites excluding steroid dienone is 4. The smallest absolute Gasteiger partial charge is 0.0347 e. The first-order valence-electron chi connectivity index (χ1n) is 9.31. The Morgan fingerprint density at radius 1 is 1.14 bits per heavy atom. The van der Waals surface area contributed by atoms with E-state index in [0.717, 1.165) is 35.8 Å². The lowest BCUT2D eigenvalue weighted by atomic mass is 9.69. The zero-order chi connectivity index (χ0) is 15.0. The van der Waals surface area contributed by atoms with Gasteiger partial charge in [0, 0.05) is 17.8 Å². The van der Waals surface area contributed by atoms with Gasteiger partial charge in [0.15, 0.2) is 0 Å². The molecule has 3 aliphatic rings. The Morgan fingerprint density at radius 3 is 2.57 bits per heavy atom.